The Bertz CT molecular complexity index is 1390. The zero-order valence-electron chi connectivity index (χ0n) is 19.6. The first-order chi connectivity index (χ1) is 16.7. The average Bonchev–Trinajstić information content (AvgIpc) is 3.51. The predicted molar refractivity (Wildman–Crippen MR) is 134 cm³/mol. The van der Waals surface area contributed by atoms with Crippen molar-refractivity contribution in [3.8, 4) is 0 Å². The van der Waals surface area contributed by atoms with Gasteiger partial charge in [0.05, 0.1) is 18.2 Å². The van der Waals surface area contributed by atoms with Crippen LogP contribution in [0.4, 0.5) is 5.69 Å². The van der Waals surface area contributed by atoms with E-state index in [1.165, 1.54) is 6.26 Å². The minimum absolute atomic E-state index is 0.0615. The first-order valence-corrected chi connectivity index (χ1v) is 12.1. The number of hydrogen-bond donors (Lipinski definition) is 0. The molecule has 1 spiro atoms. The molecule has 6 rings (SSSR count). The SMILES string of the molecule is CC(C)(C)C(=O)[C@H]1[C@H](c2ccco2)C2(C(=O)c3ccccc3C2=O)[C@@H]2C=Cc3cc(Cl)ccc3N21. The van der Waals surface area contributed by atoms with Crippen molar-refractivity contribution in [2.45, 2.75) is 38.8 Å². The molecule has 6 heteroatoms. The van der Waals surface area contributed by atoms with E-state index in [1.54, 1.807) is 42.5 Å². The van der Waals surface area contributed by atoms with Crippen molar-refractivity contribution in [2.75, 3.05) is 4.90 Å². The van der Waals surface area contributed by atoms with Gasteiger partial charge in [-0.15, -0.1) is 0 Å². The summed E-state index contributed by atoms with van der Waals surface area (Å²) in [5, 5.41) is 0.572. The highest BCUT2D eigenvalue weighted by atomic mass is 35.5. The minimum atomic E-state index is -1.53. The Morgan fingerprint density at radius 3 is 2.29 bits per heavy atom. The van der Waals surface area contributed by atoms with Gasteiger partial charge in [-0.2, -0.15) is 0 Å². The number of nitrogens with zero attached hydrogens (tertiary/aromatic N) is 1. The molecular formula is C29H24ClNO4. The molecule has 2 aromatic carbocycles. The molecule has 3 atom stereocenters. The highest BCUT2D eigenvalue weighted by molar-refractivity contribution is 6.32. The molecule has 2 aliphatic heterocycles. The molecule has 0 N–H and O–H groups in total. The molecule has 3 aromatic rings. The topological polar surface area (TPSA) is 67.6 Å². The molecular weight excluding hydrogens is 462 g/mol. The van der Waals surface area contributed by atoms with Gasteiger partial charge in [0.15, 0.2) is 17.3 Å². The third kappa shape index (κ3) is 2.79. The van der Waals surface area contributed by atoms with Gasteiger partial charge in [0.2, 0.25) is 0 Å². The van der Waals surface area contributed by atoms with Crippen LogP contribution in [0.25, 0.3) is 6.08 Å². The van der Waals surface area contributed by atoms with Gasteiger partial charge in [0, 0.05) is 27.3 Å². The fourth-order valence-electron chi connectivity index (χ4n) is 6.17. The van der Waals surface area contributed by atoms with E-state index in [9.17, 15) is 14.4 Å². The van der Waals surface area contributed by atoms with Crippen LogP contribution in [0.3, 0.4) is 0 Å². The van der Waals surface area contributed by atoms with Crippen LogP contribution in [0.2, 0.25) is 5.02 Å². The van der Waals surface area contributed by atoms with Crippen LogP contribution in [-0.4, -0.2) is 29.4 Å². The molecule has 1 aromatic heterocycles. The van der Waals surface area contributed by atoms with E-state index in [2.05, 4.69) is 0 Å². The molecule has 0 saturated carbocycles. The molecule has 0 radical (unpaired) electrons. The summed E-state index contributed by atoms with van der Waals surface area (Å²) in [4.78, 5) is 44.8. The fraction of sp³-hybridized carbons (Fsp3) is 0.276. The summed E-state index contributed by atoms with van der Waals surface area (Å²) in [7, 11) is 0. The second kappa shape index (κ2) is 7.28. The molecule has 0 unspecified atom stereocenters. The highest BCUT2D eigenvalue weighted by Crippen LogP contribution is 2.61. The molecule has 0 bridgehead atoms. The Morgan fingerprint density at radius 2 is 1.69 bits per heavy atom. The molecule has 1 fully saturated rings. The fourth-order valence-corrected chi connectivity index (χ4v) is 6.35. The van der Waals surface area contributed by atoms with E-state index >= 15 is 0 Å². The summed E-state index contributed by atoms with van der Waals surface area (Å²) in [5.41, 5.74) is 0.152. The summed E-state index contributed by atoms with van der Waals surface area (Å²) in [5.74, 6) is -0.927. The standard InChI is InChI=1S/C29H24ClNO4/c1-28(2,3)27(34)24-23(21-9-6-14-35-21)29(25(32)18-7-4-5-8-19(18)26(29)33)22-13-10-16-15-17(30)11-12-20(16)31(22)24/h4-15,22-24H,1-3H3/t22-,23-,24+/m0/s1. The Hall–Kier alpha value is -3.44. The normalized spacial score (nSPS) is 24.0. The lowest BCUT2D eigenvalue weighted by atomic mass is 9.65. The molecule has 3 aliphatic rings. The van der Waals surface area contributed by atoms with Crippen molar-refractivity contribution in [3.05, 3.63) is 94.4 Å². The first-order valence-electron chi connectivity index (χ1n) is 11.7. The van der Waals surface area contributed by atoms with Gasteiger partial charge >= 0.3 is 0 Å². The monoisotopic (exact) mass is 485 g/mol. The van der Waals surface area contributed by atoms with Crippen LogP contribution in [0.1, 0.15) is 58.7 Å². The largest absolute Gasteiger partial charge is 0.469 e. The average molecular weight is 486 g/mol. The lowest BCUT2D eigenvalue weighted by Gasteiger charge is -2.38. The maximum absolute atomic E-state index is 14.3. The van der Waals surface area contributed by atoms with Crippen LogP contribution < -0.4 is 4.90 Å². The zero-order chi connectivity index (χ0) is 24.7. The van der Waals surface area contributed by atoms with Crippen molar-refractivity contribution in [1.29, 1.82) is 0 Å². The molecule has 176 valence electrons. The maximum Gasteiger partial charge on any atom is 0.180 e. The quantitative estimate of drug-likeness (QED) is 0.417. The van der Waals surface area contributed by atoms with E-state index in [-0.39, 0.29) is 17.3 Å². The van der Waals surface area contributed by atoms with Crippen LogP contribution in [0.15, 0.2) is 71.4 Å². The molecule has 3 heterocycles. The van der Waals surface area contributed by atoms with Crippen LogP contribution in [-0.2, 0) is 4.79 Å². The number of hydrogen-bond acceptors (Lipinski definition) is 5. The lowest BCUT2D eigenvalue weighted by Crippen LogP contribution is -2.49. The van der Waals surface area contributed by atoms with Crippen LogP contribution >= 0.6 is 11.6 Å². The van der Waals surface area contributed by atoms with Gasteiger partial charge < -0.3 is 9.32 Å². The van der Waals surface area contributed by atoms with E-state index in [1.807, 2.05) is 50.0 Å². The van der Waals surface area contributed by atoms with Gasteiger partial charge in [-0.1, -0.05) is 68.8 Å². The second-order valence-electron chi connectivity index (χ2n) is 10.5. The number of halogens is 1. The Balaban J connectivity index is 1.69. The lowest BCUT2D eigenvalue weighted by molar-refractivity contribution is -0.128. The van der Waals surface area contributed by atoms with E-state index in [0.717, 1.165) is 11.3 Å². The van der Waals surface area contributed by atoms with E-state index < -0.39 is 28.8 Å². The number of carbonyl (C=O) groups excluding carboxylic acids is 3. The van der Waals surface area contributed by atoms with E-state index in [0.29, 0.717) is 21.9 Å². The maximum atomic E-state index is 14.3. The summed E-state index contributed by atoms with van der Waals surface area (Å²) < 4.78 is 5.88. The van der Waals surface area contributed by atoms with Gasteiger partial charge in [-0.3, -0.25) is 14.4 Å². The number of Topliss-reactive ketones (excluding diaryl/α,β-unsaturated/α-hetero) is 3. The number of benzene rings is 2. The van der Waals surface area contributed by atoms with Crippen LogP contribution in [0, 0.1) is 10.8 Å². The Kier molecular flexibility index (Phi) is 4.59. The van der Waals surface area contributed by atoms with Crippen molar-refractivity contribution in [2.24, 2.45) is 10.8 Å². The van der Waals surface area contributed by atoms with Gasteiger partial charge in [0.25, 0.3) is 0 Å². The Morgan fingerprint density at radius 1 is 1.00 bits per heavy atom. The Labute approximate surface area is 208 Å². The van der Waals surface area contributed by atoms with Crippen molar-refractivity contribution >= 4 is 40.7 Å². The first kappa shape index (κ1) is 22.1. The molecule has 5 nitrogen and oxygen atoms in total. The number of fused-ring (bicyclic) bond motifs is 5. The van der Waals surface area contributed by atoms with Crippen molar-refractivity contribution in [3.63, 3.8) is 0 Å². The van der Waals surface area contributed by atoms with Gasteiger partial charge in [0.1, 0.15) is 17.2 Å². The highest BCUT2D eigenvalue weighted by Gasteiger charge is 2.72. The number of carbonyl (C=O) groups is 3. The van der Waals surface area contributed by atoms with Crippen molar-refractivity contribution < 1.29 is 18.8 Å². The molecule has 35 heavy (non-hydrogen) atoms. The van der Waals surface area contributed by atoms with E-state index in [4.69, 9.17) is 16.0 Å². The van der Waals surface area contributed by atoms with Crippen molar-refractivity contribution in [1.82, 2.24) is 0 Å². The summed E-state index contributed by atoms with van der Waals surface area (Å²) in [6.07, 6.45) is 5.31. The number of furan rings is 1. The molecule has 1 aliphatic carbocycles. The molecule has 1 saturated heterocycles. The predicted octanol–water partition coefficient (Wildman–Crippen LogP) is 5.98. The van der Waals surface area contributed by atoms with Crippen LogP contribution in [0.5, 0.6) is 0 Å². The minimum Gasteiger partial charge on any atom is -0.469 e. The third-order valence-electron chi connectivity index (χ3n) is 7.62. The summed E-state index contributed by atoms with van der Waals surface area (Å²) in [6, 6.07) is 14.5. The molecule has 0 amide bonds. The number of anilines is 1. The van der Waals surface area contributed by atoms with Gasteiger partial charge in [-0.25, -0.2) is 0 Å². The smallest absolute Gasteiger partial charge is 0.180 e. The number of ketones is 3. The summed E-state index contributed by atoms with van der Waals surface area (Å²) >= 11 is 6.29. The third-order valence-corrected chi connectivity index (χ3v) is 7.86. The number of rotatable bonds is 2. The summed E-state index contributed by atoms with van der Waals surface area (Å²) in [6.45, 7) is 5.60. The van der Waals surface area contributed by atoms with Gasteiger partial charge in [-0.05, 0) is 35.9 Å². The second-order valence-corrected chi connectivity index (χ2v) is 11.0. The zero-order valence-corrected chi connectivity index (χ0v) is 20.4.